The number of nitrogens with zero attached hydrogens (tertiary/aromatic N) is 2. The molecule has 0 saturated carbocycles. The van der Waals surface area contributed by atoms with Gasteiger partial charge in [0.25, 0.3) is 0 Å². The molecule has 0 aliphatic carbocycles. The van der Waals surface area contributed by atoms with E-state index in [0.29, 0.717) is 10.7 Å². The maximum Gasteiger partial charge on any atom is 0.229 e. The van der Waals surface area contributed by atoms with Crippen molar-refractivity contribution in [1.29, 1.82) is 5.26 Å². The molecule has 6 heteroatoms. The van der Waals surface area contributed by atoms with Gasteiger partial charge in [-0.3, -0.25) is 4.79 Å². The molecular formula is C16H16N4OS. The number of thiazole rings is 1. The van der Waals surface area contributed by atoms with E-state index in [9.17, 15) is 4.79 Å². The summed E-state index contributed by atoms with van der Waals surface area (Å²) in [6, 6.07) is 9.36. The van der Waals surface area contributed by atoms with E-state index < -0.39 is 0 Å². The largest absolute Gasteiger partial charge is 0.317 e. The second-order valence-corrected chi connectivity index (χ2v) is 6.10. The van der Waals surface area contributed by atoms with Gasteiger partial charge in [-0.1, -0.05) is 12.1 Å². The second kappa shape index (κ2) is 6.69. The van der Waals surface area contributed by atoms with Crippen LogP contribution in [-0.2, 0) is 4.79 Å². The van der Waals surface area contributed by atoms with E-state index in [1.165, 1.54) is 11.3 Å². The number of rotatable bonds is 3. The molecule has 112 valence electrons. The number of hydrogen-bond donors (Lipinski definition) is 2. The van der Waals surface area contributed by atoms with Crippen molar-refractivity contribution < 1.29 is 4.79 Å². The van der Waals surface area contributed by atoms with Crippen molar-refractivity contribution >= 4 is 22.4 Å². The molecule has 2 N–H and O–H groups in total. The average molecular weight is 312 g/mol. The number of aromatic nitrogens is 1. The zero-order valence-corrected chi connectivity index (χ0v) is 12.8. The standard InChI is InChI=1S/C16H16N4OS/c17-9-11-1-3-12(4-2-11)14-10-22-16(19-14)20-15(21)13-5-7-18-8-6-13/h1-4,10,13,18H,5-8H2,(H,19,20,21). The van der Waals surface area contributed by atoms with Crippen LogP contribution < -0.4 is 10.6 Å². The van der Waals surface area contributed by atoms with Gasteiger partial charge in [0, 0.05) is 16.9 Å². The Bertz CT molecular complexity index is 696. The maximum atomic E-state index is 12.2. The molecule has 1 aromatic heterocycles. The van der Waals surface area contributed by atoms with Gasteiger partial charge >= 0.3 is 0 Å². The molecule has 1 fully saturated rings. The minimum atomic E-state index is 0.0576. The molecule has 0 radical (unpaired) electrons. The van der Waals surface area contributed by atoms with E-state index in [2.05, 4.69) is 21.7 Å². The molecule has 3 rings (SSSR count). The molecule has 0 unspecified atom stereocenters. The van der Waals surface area contributed by atoms with Crippen LogP contribution in [0.5, 0.6) is 0 Å². The number of hydrogen-bond acceptors (Lipinski definition) is 5. The SMILES string of the molecule is N#Cc1ccc(-c2csc(NC(=O)C3CCNCC3)n2)cc1. The van der Waals surface area contributed by atoms with Crippen molar-refractivity contribution in [2.45, 2.75) is 12.8 Å². The number of piperidine rings is 1. The summed E-state index contributed by atoms with van der Waals surface area (Å²) in [5.74, 6) is 0.130. The molecule has 1 amide bonds. The summed E-state index contributed by atoms with van der Waals surface area (Å²) < 4.78 is 0. The number of benzene rings is 1. The van der Waals surface area contributed by atoms with E-state index in [0.717, 1.165) is 37.2 Å². The quantitative estimate of drug-likeness (QED) is 0.913. The Labute approximate surface area is 133 Å². The smallest absolute Gasteiger partial charge is 0.229 e. The molecule has 0 atom stereocenters. The van der Waals surface area contributed by atoms with E-state index >= 15 is 0 Å². The van der Waals surface area contributed by atoms with Crippen LogP contribution >= 0.6 is 11.3 Å². The first-order valence-electron chi connectivity index (χ1n) is 7.24. The fraction of sp³-hybridized carbons (Fsp3) is 0.312. The van der Waals surface area contributed by atoms with Crippen molar-refractivity contribution in [3.05, 3.63) is 35.2 Å². The number of nitriles is 1. The monoisotopic (exact) mass is 312 g/mol. The summed E-state index contributed by atoms with van der Waals surface area (Å²) in [5, 5.41) is 17.5. The Morgan fingerprint density at radius 2 is 2.05 bits per heavy atom. The lowest BCUT2D eigenvalue weighted by atomic mass is 9.97. The molecule has 0 bridgehead atoms. The molecule has 1 aliphatic heterocycles. The van der Waals surface area contributed by atoms with Gasteiger partial charge in [0.05, 0.1) is 17.3 Å². The van der Waals surface area contributed by atoms with Gasteiger partial charge in [-0.25, -0.2) is 4.98 Å². The highest BCUT2D eigenvalue weighted by molar-refractivity contribution is 7.14. The van der Waals surface area contributed by atoms with E-state index in [1.54, 1.807) is 12.1 Å². The molecular weight excluding hydrogens is 296 g/mol. The highest BCUT2D eigenvalue weighted by atomic mass is 32.1. The molecule has 2 aromatic rings. The minimum absolute atomic E-state index is 0.0576. The zero-order chi connectivity index (χ0) is 15.4. The summed E-state index contributed by atoms with van der Waals surface area (Å²) >= 11 is 1.42. The first kappa shape index (κ1) is 14.7. The maximum absolute atomic E-state index is 12.2. The zero-order valence-electron chi connectivity index (χ0n) is 12.0. The van der Waals surface area contributed by atoms with Crippen LogP contribution in [0.15, 0.2) is 29.6 Å². The Kier molecular flexibility index (Phi) is 4.47. The van der Waals surface area contributed by atoms with Crippen molar-refractivity contribution in [3.63, 3.8) is 0 Å². The molecule has 1 saturated heterocycles. The van der Waals surface area contributed by atoms with Gasteiger partial charge in [0.2, 0.25) is 5.91 Å². The average Bonchev–Trinajstić information content (AvgIpc) is 3.04. The predicted molar refractivity (Wildman–Crippen MR) is 86.5 cm³/mol. The van der Waals surface area contributed by atoms with Crippen LogP contribution in [-0.4, -0.2) is 24.0 Å². The minimum Gasteiger partial charge on any atom is -0.317 e. The lowest BCUT2D eigenvalue weighted by Gasteiger charge is -2.20. The third-order valence-electron chi connectivity index (χ3n) is 3.75. The van der Waals surface area contributed by atoms with Crippen molar-refractivity contribution in [1.82, 2.24) is 10.3 Å². The van der Waals surface area contributed by atoms with Crippen LogP contribution in [0.2, 0.25) is 0 Å². The normalized spacial score (nSPS) is 15.2. The fourth-order valence-electron chi connectivity index (χ4n) is 2.47. The highest BCUT2D eigenvalue weighted by Crippen LogP contribution is 2.26. The van der Waals surface area contributed by atoms with Gasteiger partial charge in [-0.2, -0.15) is 5.26 Å². The van der Waals surface area contributed by atoms with Gasteiger partial charge in [-0.05, 0) is 38.1 Å². The van der Waals surface area contributed by atoms with E-state index in [4.69, 9.17) is 5.26 Å². The van der Waals surface area contributed by atoms with Crippen LogP contribution in [0.3, 0.4) is 0 Å². The van der Waals surface area contributed by atoms with Gasteiger partial charge in [0.15, 0.2) is 5.13 Å². The number of carbonyl (C=O) groups excluding carboxylic acids is 1. The fourth-order valence-corrected chi connectivity index (χ4v) is 3.19. The van der Waals surface area contributed by atoms with Gasteiger partial charge in [-0.15, -0.1) is 11.3 Å². The molecule has 22 heavy (non-hydrogen) atoms. The lowest BCUT2D eigenvalue weighted by molar-refractivity contribution is -0.120. The number of amides is 1. The molecule has 0 spiro atoms. The second-order valence-electron chi connectivity index (χ2n) is 5.24. The first-order chi connectivity index (χ1) is 10.8. The summed E-state index contributed by atoms with van der Waals surface area (Å²) in [6.07, 6.45) is 1.75. The van der Waals surface area contributed by atoms with Crippen LogP contribution in [0.1, 0.15) is 18.4 Å². The number of anilines is 1. The highest BCUT2D eigenvalue weighted by Gasteiger charge is 2.21. The Hall–Kier alpha value is -2.23. The van der Waals surface area contributed by atoms with Crippen molar-refractivity contribution in [2.75, 3.05) is 18.4 Å². The lowest BCUT2D eigenvalue weighted by Crippen LogP contribution is -2.34. The topological polar surface area (TPSA) is 77.8 Å². The summed E-state index contributed by atoms with van der Waals surface area (Å²) in [6.45, 7) is 1.79. The summed E-state index contributed by atoms with van der Waals surface area (Å²) in [7, 11) is 0. The van der Waals surface area contributed by atoms with Crippen LogP contribution in [0.25, 0.3) is 11.3 Å². The number of nitrogens with one attached hydrogen (secondary N) is 2. The summed E-state index contributed by atoms with van der Waals surface area (Å²) in [5.41, 5.74) is 2.38. The van der Waals surface area contributed by atoms with Crippen molar-refractivity contribution in [2.24, 2.45) is 5.92 Å². The van der Waals surface area contributed by atoms with Crippen molar-refractivity contribution in [3.8, 4) is 17.3 Å². The van der Waals surface area contributed by atoms with E-state index in [1.807, 2.05) is 17.5 Å². The molecule has 1 aromatic carbocycles. The predicted octanol–water partition coefficient (Wildman–Crippen LogP) is 2.62. The summed E-state index contributed by atoms with van der Waals surface area (Å²) in [4.78, 5) is 16.6. The van der Waals surface area contributed by atoms with Crippen LogP contribution in [0, 0.1) is 17.2 Å². The molecule has 1 aliphatic rings. The Morgan fingerprint density at radius 3 is 2.73 bits per heavy atom. The van der Waals surface area contributed by atoms with Crippen LogP contribution in [0.4, 0.5) is 5.13 Å². The Balaban J connectivity index is 1.67. The first-order valence-corrected chi connectivity index (χ1v) is 8.12. The third-order valence-corrected chi connectivity index (χ3v) is 4.51. The van der Waals surface area contributed by atoms with E-state index in [-0.39, 0.29) is 11.8 Å². The molecule has 5 nitrogen and oxygen atoms in total. The Morgan fingerprint density at radius 1 is 1.32 bits per heavy atom. The molecule has 2 heterocycles. The third kappa shape index (κ3) is 3.32. The van der Waals surface area contributed by atoms with Gasteiger partial charge < -0.3 is 10.6 Å². The van der Waals surface area contributed by atoms with Gasteiger partial charge in [0.1, 0.15) is 0 Å². The number of carbonyl (C=O) groups is 1.